The fourth-order valence-corrected chi connectivity index (χ4v) is 1.24. The molecule has 0 atom stereocenters. The highest BCUT2D eigenvalue weighted by Gasteiger charge is 2.33. The van der Waals surface area contributed by atoms with E-state index in [0.717, 1.165) is 6.07 Å². The van der Waals surface area contributed by atoms with Gasteiger partial charge in [0.05, 0.1) is 6.54 Å². The highest BCUT2D eigenvalue weighted by Crippen LogP contribution is 2.24. The van der Waals surface area contributed by atoms with E-state index in [0.29, 0.717) is 0 Å². The van der Waals surface area contributed by atoms with Gasteiger partial charge in [0.15, 0.2) is 0 Å². The van der Waals surface area contributed by atoms with Crippen LogP contribution < -0.4 is 9.86 Å². The second-order valence-electron chi connectivity index (χ2n) is 2.79. The van der Waals surface area contributed by atoms with E-state index in [9.17, 15) is 17.2 Å². The molecule has 0 unspecified atom stereocenters. The first-order chi connectivity index (χ1) is 6.81. The van der Waals surface area contributed by atoms with Gasteiger partial charge in [-0.25, -0.2) is 5.14 Å². The smallest absolute Gasteiger partial charge is 0.255 e. The Morgan fingerprint density at radius 1 is 1.47 bits per heavy atom. The number of nitrogens with one attached hydrogen (secondary N) is 1. The van der Waals surface area contributed by atoms with Crippen LogP contribution in [0.4, 0.5) is 8.78 Å². The number of rotatable bonds is 4. The van der Waals surface area contributed by atoms with Crippen molar-refractivity contribution in [3.63, 3.8) is 0 Å². The molecular weight excluding hydrogens is 228 g/mol. The van der Waals surface area contributed by atoms with E-state index >= 15 is 0 Å². The molecule has 0 spiro atoms. The Labute approximate surface area is 85.5 Å². The third kappa shape index (κ3) is 3.86. The molecule has 1 rings (SSSR count). The molecule has 0 fully saturated rings. The maximum atomic E-state index is 13.2. The third-order valence-corrected chi connectivity index (χ3v) is 2.08. The molecule has 0 aromatic carbocycles. The van der Waals surface area contributed by atoms with Crippen LogP contribution >= 0.6 is 0 Å². The topological polar surface area (TPSA) is 85.1 Å². The summed E-state index contributed by atoms with van der Waals surface area (Å²) in [5, 5.41) is 4.53. The highest BCUT2D eigenvalue weighted by molar-refractivity contribution is 7.87. The van der Waals surface area contributed by atoms with E-state index in [4.69, 9.17) is 0 Å². The molecule has 0 amide bonds. The molecule has 0 aliphatic heterocycles. The molecule has 8 heteroatoms. The highest BCUT2D eigenvalue weighted by atomic mass is 32.2. The number of halogens is 2. The molecule has 0 aliphatic carbocycles. The number of nitrogens with two attached hydrogens (primary N) is 1. The molecule has 0 saturated heterocycles. The van der Waals surface area contributed by atoms with Crippen molar-refractivity contribution in [2.45, 2.75) is 5.92 Å². The summed E-state index contributed by atoms with van der Waals surface area (Å²) in [5.41, 5.74) is -0.513. The van der Waals surface area contributed by atoms with Gasteiger partial charge in [0.2, 0.25) is 0 Å². The first-order valence-corrected chi connectivity index (χ1v) is 5.43. The normalized spacial score (nSPS) is 12.7. The number of aromatic nitrogens is 1. The van der Waals surface area contributed by atoms with Gasteiger partial charge in [-0.15, -0.1) is 0 Å². The van der Waals surface area contributed by atoms with Crippen molar-refractivity contribution in [1.29, 1.82) is 0 Å². The standard InChI is InChI=1S/C7H9F2N3O2S/c8-7(9,5-12-15(10,13)14)6-3-1-2-4-11-6/h1-4,12H,5H2,(H2,10,13,14). The van der Waals surface area contributed by atoms with Crippen molar-refractivity contribution in [2.75, 3.05) is 6.54 Å². The molecule has 15 heavy (non-hydrogen) atoms. The average Bonchev–Trinajstić information content (AvgIpc) is 2.16. The predicted octanol–water partition coefficient (Wildman–Crippen LogP) is -0.0335. The Morgan fingerprint density at radius 2 is 2.13 bits per heavy atom. The lowest BCUT2D eigenvalue weighted by Crippen LogP contribution is -2.39. The molecular formula is C7H9F2N3O2S. The summed E-state index contributed by atoms with van der Waals surface area (Å²) in [5.74, 6) is -3.38. The Kier molecular flexibility index (Phi) is 3.32. The molecule has 3 N–H and O–H groups in total. The summed E-state index contributed by atoms with van der Waals surface area (Å²) in [6.45, 7) is -1.11. The second-order valence-corrected chi connectivity index (χ2v) is 4.16. The fourth-order valence-electron chi connectivity index (χ4n) is 0.861. The molecule has 1 heterocycles. The number of hydrogen-bond acceptors (Lipinski definition) is 3. The van der Waals surface area contributed by atoms with Crippen molar-refractivity contribution in [3.8, 4) is 0 Å². The molecule has 0 bridgehead atoms. The van der Waals surface area contributed by atoms with E-state index < -0.39 is 28.4 Å². The largest absolute Gasteiger partial charge is 0.302 e. The summed E-state index contributed by atoms with van der Waals surface area (Å²) < 4.78 is 48.8. The quantitative estimate of drug-likeness (QED) is 0.771. The van der Waals surface area contributed by atoms with Crippen LogP contribution in [0.2, 0.25) is 0 Å². The van der Waals surface area contributed by atoms with Gasteiger partial charge in [-0.05, 0) is 12.1 Å². The third-order valence-electron chi connectivity index (χ3n) is 1.54. The van der Waals surface area contributed by atoms with Crippen LogP contribution in [0.15, 0.2) is 24.4 Å². The first-order valence-electron chi connectivity index (χ1n) is 3.88. The van der Waals surface area contributed by atoms with Gasteiger partial charge in [0, 0.05) is 6.20 Å². The van der Waals surface area contributed by atoms with Crippen LogP contribution in [0.25, 0.3) is 0 Å². The molecule has 84 valence electrons. The van der Waals surface area contributed by atoms with Crippen LogP contribution in [0.1, 0.15) is 5.69 Å². The van der Waals surface area contributed by atoms with E-state index in [1.165, 1.54) is 23.1 Å². The van der Waals surface area contributed by atoms with Gasteiger partial charge in [0.1, 0.15) is 5.69 Å². The zero-order chi connectivity index (χ0) is 11.5. The molecule has 5 nitrogen and oxygen atoms in total. The molecule has 0 saturated carbocycles. The Hall–Kier alpha value is -1.12. The lowest BCUT2D eigenvalue weighted by atomic mass is 10.2. The lowest BCUT2D eigenvalue weighted by molar-refractivity contribution is -0.00242. The van der Waals surface area contributed by atoms with Crippen LogP contribution in [-0.4, -0.2) is 19.9 Å². The zero-order valence-corrected chi connectivity index (χ0v) is 8.34. The summed E-state index contributed by atoms with van der Waals surface area (Å²) in [7, 11) is -4.12. The Morgan fingerprint density at radius 3 is 2.60 bits per heavy atom. The number of alkyl halides is 2. The van der Waals surface area contributed by atoms with E-state index in [1.54, 1.807) is 0 Å². The summed E-state index contributed by atoms with van der Waals surface area (Å²) in [6, 6.07) is 3.96. The maximum Gasteiger partial charge on any atom is 0.302 e. The molecule has 1 aromatic heterocycles. The van der Waals surface area contributed by atoms with Crippen LogP contribution in [-0.2, 0) is 16.1 Å². The van der Waals surface area contributed by atoms with Crippen molar-refractivity contribution >= 4 is 10.2 Å². The van der Waals surface area contributed by atoms with Crippen LogP contribution in [0, 0.1) is 0 Å². The Bertz CT molecular complexity index is 421. The van der Waals surface area contributed by atoms with Crippen molar-refractivity contribution in [3.05, 3.63) is 30.1 Å². The minimum Gasteiger partial charge on any atom is -0.255 e. The lowest BCUT2D eigenvalue weighted by Gasteiger charge is -2.15. The maximum absolute atomic E-state index is 13.2. The summed E-state index contributed by atoms with van der Waals surface area (Å²) in [4.78, 5) is 3.43. The minimum atomic E-state index is -4.12. The fraction of sp³-hybridized carbons (Fsp3) is 0.286. The monoisotopic (exact) mass is 237 g/mol. The number of nitrogens with zero attached hydrogens (tertiary/aromatic N) is 1. The summed E-state index contributed by atoms with van der Waals surface area (Å²) in [6.07, 6.45) is 1.19. The first kappa shape index (κ1) is 12.0. The van der Waals surface area contributed by atoms with Gasteiger partial charge >= 0.3 is 5.92 Å². The van der Waals surface area contributed by atoms with E-state index in [2.05, 4.69) is 10.1 Å². The predicted molar refractivity (Wildman–Crippen MR) is 49.2 cm³/mol. The van der Waals surface area contributed by atoms with Crippen LogP contribution in [0.3, 0.4) is 0 Å². The van der Waals surface area contributed by atoms with Gasteiger partial charge in [-0.2, -0.15) is 21.9 Å². The molecule has 1 aromatic rings. The molecule has 0 aliphatic rings. The van der Waals surface area contributed by atoms with Gasteiger partial charge in [0.25, 0.3) is 10.2 Å². The second kappa shape index (κ2) is 4.17. The van der Waals surface area contributed by atoms with Crippen molar-refractivity contribution in [2.24, 2.45) is 5.14 Å². The zero-order valence-electron chi connectivity index (χ0n) is 7.52. The van der Waals surface area contributed by atoms with Gasteiger partial charge < -0.3 is 0 Å². The Balaban J connectivity index is 2.76. The SMILES string of the molecule is NS(=O)(=O)NCC(F)(F)c1ccccn1. The van der Waals surface area contributed by atoms with Crippen LogP contribution in [0.5, 0.6) is 0 Å². The van der Waals surface area contributed by atoms with E-state index in [1.807, 2.05) is 0 Å². The average molecular weight is 237 g/mol. The van der Waals surface area contributed by atoms with E-state index in [-0.39, 0.29) is 0 Å². The van der Waals surface area contributed by atoms with Gasteiger partial charge in [-0.3, -0.25) is 4.98 Å². The number of pyridine rings is 1. The van der Waals surface area contributed by atoms with Crippen molar-refractivity contribution < 1.29 is 17.2 Å². The number of hydrogen-bond donors (Lipinski definition) is 2. The molecule has 0 radical (unpaired) electrons. The summed E-state index contributed by atoms with van der Waals surface area (Å²) >= 11 is 0. The van der Waals surface area contributed by atoms with Gasteiger partial charge in [-0.1, -0.05) is 6.07 Å². The van der Waals surface area contributed by atoms with Crippen molar-refractivity contribution in [1.82, 2.24) is 9.71 Å². The minimum absolute atomic E-state index is 0.513.